The Bertz CT molecular complexity index is 1350. The van der Waals surface area contributed by atoms with E-state index in [4.69, 9.17) is 10.5 Å². The molecule has 0 unspecified atom stereocenters. The van der Waals surface area contributed by atoms with E-state index in [0.717, 1.165) is 19.1 Å². The predicted molar refractivity (Wildman–Crippen MR) is 112 cm³/mol. The fraction of sp³-hybridized carbons (Fsp3) is 0.348. The number of rotatable bonds is 3. The number of ether oxygens (including phenoxy) is 1. The maximum Gasteiger partial charge on any atom is 0.417 e. The first kappa shape index (κ1) is 23.8. The molecule has 1 fully saturated rings. The van der Waals surface area contributed by atoms with Crippen molar-refractivity contribution in [3.8, 4) is 0 Å². The minimum atomic E-state index is -4.72. The number of hydrogen-bond acceptors (Lipinski definition) is 4. The molecule has 1 saturated heterocycles. The van der Waals surface area contributed by atoms with Gasteiger partial charge in [-0.3, -0.25) is 14.6 Å². The van der Waals surface area contributed by atoms with Crippen LogP contribution in [0, 0.1) is 18.6 Å². The average molecular weight is 481 g/mol. The van der Waals surface area contributed by atoms with E-state index in [1.165, 1.54) is 25.3 Å². The third-order valence-electron chi connectivity index (χ3n) is 6.45. The van der Waals surface area contributed by atoms with Crippen LogP contribution in [0.1, 0.15) is 52.5 Å². The quantitative estimate of drug-likeness (QED) is 0.548. The van der Waals surface area contributed by atoms with Crippen molar-refractivity contribution in [3.05, 3.63) is 74.8 Å². The maximum absolute atomic E-state index is 14.4. The van der Waals surface area contributed by atoms with E-state index in [2.05, 4.69) is 9.97 Å². The Labute approximate surface area is 189 Å². The van der Waals surface area contributed by atoms with E-state index in [1.54, 1.807) is 0 Å². The number of benzene rings is 1. The highest BCUT2D eigenvalue weighted by Crippen LogP contribution is 2.50. The van der Waals surface area contributed by atoms with Crippen molar-refractivity contribution in [2.75, 3.05) is 6.61 Å². The molecule has 0 radical (unpaired) electrons. The molecule has 1 aromatic carbocycles. The number of halogens is 5. The van der Waals surface area contributed by atoms with Gasteiger partial charge in [-0.2, -0.15) is 13.2 Å². The van der Waals surface area contributed by atoms with Gasteiger partial charge in [-0.05, 0) is 49.4 Å². The van der Waals surface area contributed by atoms with Crippen LogP contribution < -0.4 is 11.2 Å². The number of amides is 1. The molecule has 3 heterocycles. The molecule has 180 valence electrons. The van der Waals surface area contributed by atoms with Gasteiger partial charge in [0.2, 0.25) is 0 Å². The molecule has 2 aromatic heterocycles. The number of nitrogens with one attached hydrogen (secondary N) is 1. The molecule has 4 rings (SSSR count). The Morgan fingerprint density at radius 2 is 1.94 bits per heavy atom. The lowest BCUT2D eigenvalue weighted by Gasteiger charge is -2.44. The molecule has 6 nitrogen and oxygen atoms in total. The Morgan fingerprint density at radius 3 is 2.59 bits per heavy atom. The van der Waals surface area contributed by atoms with Crippen LogP contribution in [0.4, 0.5) is 22.0 Å². The normalized spacial score (nSPS) is 23.3. The lowest BCUT2D eigenvalue weighted by atomic mass is 9.73. The molecular weight excluding hydrogens is 461 g/mol. The van der Waals surface area contributed by atoms with Crippen molar-refractivity contribution in [1.82, 2.24) is 9.97 Å². The number of aromatic amines is 1. The molecular formula is C23H20F5N3O3. The number of hydrogen-bond donors (Lipinski definition) is 2. The minimum absolute atomic E-state index is 0.0591. The van der Waals surface area contributed by atoms with Gasteiger partial charge >= 0.3 is 6.18 Å². The molecule has 11 heteroatoms. The zero-order chi connectivity index (χ0) is 25.0. The number of carbonyl (C=O) groups is 1. The zero-order valence-electron chi connectivity index (χ0n) is 18.1. The van der Waals surface area contributed by atoms with E-state index in [9.17, 15) is 31.5 Å². The molecule has 1 amide bonds. The van der Waals surface area contributed by atoms with Crippen LogP contribution >= 0.6 is 0 Å². The van der Waals surface area contributed by atoms with Crippen LogP contribution in [0.15, 0.2) is 35.3 Å². The Hall–Kier alpha value is -3.34. The minimum Gasteiger partial charge on any atom is -0.365 e. The fourth-order valence-electron chi connectivity index (χ4n) is 4.52. The molecule has 0 bridgehead atoms. The number of alkyl halides is 3. The number of primary amides is 1. The molecule has 0 spiro atoms. The summed E-state index contributed by atoms with van der Waals surface area (Å²) >= 11 is 0. The van der Waals surface area contributed by atoms with Crippen molar-refractivity contribution >= 4 is 16.8 Å². The summed E-state index contributed by atoms with van der Waals surface area (Å²) in [6.45, 7) is 1.74. The smallest absolute Gasteiger partial charge is 0.365 e. The second kappa shape index (κ2) is 8.15. The van der Waals surface area contributed by atoms with Crippen LogP contribution in [0.5, 0.6) is 0 Å². The fourth-order valence-corrected chi connectivity index (χ4v) is 4.52. The van der Waals surface area contributed by atoms with Gasteiger partial charge in [0.15, 0.2) is 22.7 Å². The standard InChI is InChI=1S/C23H20F5N3O3/c1-10-11(3-4-14(24)19(10)25)12-8-22(2,23(26,27)28)34-9-13(12)16-7-17(32)18-15(31-16)5-6-30-20(18)21(29)33/h3-7,12-13H,8-9H2,1-2H3,(H2,29,33)(H,31,32)/t12-,13+,22+/m0/s1. The second-order valence-electron chi connectivity index (χ2n) is 8.57. The van der Waals surface area contributed by atoms with E-state index in [1.807, 2.05) is 0 Å². The van der Waals surface area contributed by atoms with Crippen molar-refractivity contribution in [3.63, 3.8) is 0 Å². The number of nitrogens with two attached hydrogens (primary N) is 1. The van der Waals surface area contributed by atoms with E-state index in [-0.39, 0.29) is 33.4 Å². The molecule has 3 aromatic rings. The molecule has 1 aliphatic heterocycles. The average Bonchev–Trinajstić information content (AvgIpc) is 2.76. The van der Waals surface area contributed by atoms with Crippen LogP contribution in [-0.4, -0.2) is 34.3 Å². The van der Waals surface area contributed by atoms with E-state index < -0.39 is 59.6 Å². The van der Waals surface area contributed by atoms with Crippen molar-refractivity contribution in [2.24, 2.45) is 5.73 Å². The third-order valence-corrected chi connectivity index (χ3v) is 6.45. The van der Waals surface area contributed by atoms with Crippen molar-refractivity contribution in [2.45, 2.75) is 43.9 Å². The lowest BCUT2D eigenvalue weighted by molar-refractivity contribution is -0.286. The van der Waals surface area contributed by atoms with Crippen LogP contribution in [0.3, 0.4) is 0 Å². The van der Waals surface area contributed by atoms with Gasteiger partial charge in [0, 0.05) is 23.9 Å². The predicted octanol–water partition coefficient (Wildman–Crippen LogP) is 4.22. The number of carbonyl (C=O) groups excluding carboxylic acids is 1. The maximum atomic E-state index is 14.4. The SMILES string of the molecule is Cc1c([C@@H]2C[C@](C)(C(F)(F)F)OC[C@H]2c2cc(=O)c3c(C(N)=O)nccc3[nH]2)ccc(F)c1F. The van der Waals surface area contributed by atoms with Gasteiger partial charge in [0.1, 0.15) is 5.69 Å². The summed E-state index contributed by atoms with van der Waals surface area (Å²) in [6.07, 6.45) is -4.05. The molecule has 3 atom stereocenters. The molecule has 3 N–H and O–H groups in total. The van der Waals surface area contributed by atoms with Crippen LogP contribution in [-0.2, 0) is 4.74 Å². The topological polar surface area (TPSA) is 98.1 Å². The van der Waals surface area contributed by atoms with Gasteiger partial charge in [0.25, 0.3) is 5.91 Å². The van der Waals surface area contributed by atoms with Gasteiger partial charge in [0.05, 0.1) is 17.5 Å². The van der Waals surface area contributed by atoms with Crippen LogP contribution in [0.2, 0.25) is 0 Å². The summed E-state index contributed by atoms with van der Waals surface area (Å²) in [6, 6.07) is 4.68. The van der Waals surface area contributed by atoms with Gasteiger partial charge in [-0.15, -0.1) is 0 Å². The summed E-state index contributed by atoms with van der Waals surface area (Å²) in [5, 5.41) is -0.0591. The van der Waals surface area contributed by atoms with E-state index >= 15 is 0 Å². The van der Waals surface area contributed by atoms with Gasteiger partial charge in [-0.25, -0.2) is 8.78 Å². The summed E-state index contributed by atoms with van der Waals surface area (Å²) in [5.74, 6) is -4.99. The Kier molecular flexibility index (Phi) is 5.71. The largest absolute Gasteiger partial charge is 0.417 e. The first-order valence-electron chi connectivity index (χ1n) is 10.3. The molecule has 0 aliphatic carbocycles. The summed E-state index contributed by atoms with van der Waals surface area (Å²) < 4.78 is 74.8. The lowest BCUT2D eigenvalue weighted by Crippen LogP contribution is -2.51. The number of pyridine rings is 2. The van der Waals surface area contributed by atoms with Gasteiger partial charge < -0.3 is 15.5 Å². The Balaban J connectivity index is 1.89. The molecule has 1 aliphatic rings. The highest BCUT2D eigenvalue weighted by molar-refractivity contribution is 6.03. The highest BCUT2D eigenvalue weighted by atomic mass is 19.4. The van der Waals surface area contributed by atoms with Gasteiger partial charge in [-0.1, -0.05) is 6.07 Å². The number of fused-ring (bicyclic) bond motifs is 1. The Morgan fingerprint density at radius 1 is 1.24 bits per heavy atom. The summed E-state index contributed by atoms with van der Waals surface area (Å²) in [5.41, 5.74) is 2.38. The van der Waals surface area contributed by atoms with Crippen molar-refractivity contribution < 1.29 is 31.5 Å². The summed E-state index contributed by atoms with van der Waals surface area (Å²) in [7, 11) is 0. The highest BCUT2D eigenvalue weighted by Gasteiger charge is 2.57. The van der Waals surface area contributed by atoms with Crippen LogP contribution in [0.25, 0.3) is 10.9 Å². The molecule has 0 saturated carbocycles. The first-order valence-corrected chi connectivity index (χ1v) is 10.3. The number of aromatic nitrogens is 2. The third kappa shape index (κ3) is 3.83. The summed E-state index contributed by atoms with van der Waals surface area (Å²) in [4.78, 5) is 31.3. The molecule has 34 heavy (non-hydrogen) atoms. The monoisotopic (exact) mass is 481 g/mol. The van der Waals surface area contributed by atoms with Crippen molar-refractivity contribution in [1.29, 1.82) is 0 Å². The number of H-pyrrole nitrogens is 1. The number of nitrogens with zero attached hydrogens (tertiary/aromatic N) is 1. The first-order chi connectivity index (χ1) is 15.8. The van der Waals surface area contributed by atoms with E-state index in [0.29, 0.717) is 0 Å². The second-order valence-corrected chi connectivity index (χ2v) is 8.57. The zero-order valence-corrected chi connectivity index (χ0v) is 18.1.